The van der Waals surface area contributed by atoms with Crippen LogP contribution >= 0.6 is 0 Å². The molecule has 2 bridgehead atoms. The van der Waals surface area contributed by atoms with E-state index in [9.17, 15) is 22.4 Å². The summed E-state index contributed by atoms with van der Waals surface area (Å²) >= 11 is 0. The summed E-state index contributed by atoms with van der Waals surface area (Å²) in [6.07, 6.45) is -3.84. The monoisotopic (exact) mass is 333 g/mol. The molecule has 2 fully saturated rings. The highest BCUT2D eigenvalue weighted by molar-refractivity contribution is 5.98. The summed E-state index contributed by atoms with van der Waals surface area (Å²) in [7, 11) is 0. The van der Waals surface area contributed by atoms with Crippen molar-refractivity contribution in [1.29, 1.82) is 0 Å². The number of halogens is 4. The first-order chi connectivity index (χ1) is 10.8. The van der Waals surface area contributed by atoms with Gasteiger partial charge in [-0.15, -0.1) is 13.2 Å². The van der Waals surface area contributed by atoms with Crippen molar-refractivity contribution in [2.24, 2.45) is 5.92 Å². The lowest BCUT2D eigenvalue weighted by molar-refractivity contribution is -0.275. The number of carbonyl (C=O) groups is 1. The molecular formula is C15H15F4NO3. The number of nitrogens with one attached hydrogen (secondary N) is 1. The van der Waals surface area contributed by atoms with Crippen molar-refractivity contribution in [3.8, 4) is 5.75 Å². The summed E-state index contributed by atoms with van der Waals surface area (Å²) in [6, 6.07) is 2.96. The van der Waals surface area contributed by atoms with Crippen LogP contribution in [0.3, 0.4) is 0 Å². The summed E-state index contributed by atoms with van der Waals surface area (Å²) in [6.45, 7) is 1.04. The Morgan fingerprint density at radius 3 is 2.43 bits per heavy atom. The van der Waals surface area contributed by atoms with Crippen LogP contribution in [-0.4, -0.2) is 37.4 Å². The van der Waals surface area contributed by atoms with Crippen molar-refractivity contribution < 1.29 is 31.8 Å². The summed E-state index contributed by atoms with van der Waals surface area (Å²) in [5.74, 6) is -2.69. The van der Waals surface area contributed by atoms with Crippen LogP contribution in [0.1, 0.15) is 23.2 Å². The van der Waals surface area contributed by atoms with Crippen molar-refractivity contribution in [3.05, 3.63) is 29.6 Å². The molecule has 2 heterocycles. The Morgan fingerprint density at radius 2 is 1.87 bits per heavy atom. The van der Waals surface area contributed by atoms with Gasteiger partial charge < -0.3 is 14.8 Å². The fourth-order valence-electron chi connectivity index (χ4n) is 3.15. The molecule has 23 heavy (non-hydrogen) atoms. The van der Waals surface area contributed by atoms with Gasteiger partial charge in [0.2, 0.25) is 0 Å². The average molecular weight is 333 g/mol. The molecule has 126 valence electrons. The quantitative estimate of drug-likeness (QED) is 0.682. The molecule has 2 atom stereocenters. The third-order valence-corrected chi connectivity index (χ3v) is 4.06. The molecule has 0 aliphatic carbocycles. The zero-order valence-corrected chi connectivity index (χ0v) is 12.0. The number of Topliss-reactive ketones (excluding diaryl/α,β-unsaturated/α-hetero) is 1. The number of alkyl halides is 3. The van der Waals surface area contributed by atoms with Gasteiger partial charge in [0.1, 0.15) is 0 Å². The van der Waals surface area contributed by atoms with Crippen molar-refractivity contribution in [1.82, 2.24) is 5.32 Å². The first-order valence-electron chi connectivity index (χ1n) is 7.25. The number of fused-ring (bicyclic) bond motifs is 2. The summed E-state index contributed by atoms with van der Waals surface area (Å²) in [5.41, 5.74) is 0.0583. The van der Waals surface area contributed by atoms with E-state index in [1.807, 2.05) is 0 Å². The summed E-state index contributed by atoms with van der Waals surface area (Å²) in [4.78, 5) is 12.5. The van der Waals surface area contributed by atoms with Gasteiger partial charge in [-0.25, -0.2) is 4.39 Å². The Morgan fingerprint density at radius 1 is 1.22 bits per heavy atom. The maximum atomic E-state index is 13.7. The van der Waals surface area contributed by atoms with Crippen LogP contribution in [0.25, 0.3) is 0 Å². The van der Waals surface area contributed by atoms with Gasteiger partial charge in [-0.05, 0) is 31.0 Å². The lowest BCUT2D eigenvalue weighted by Gasteiger charge is -2.39. The van der Waals surface area contributed by atoms with Gasteiger partial charge in [-0.1, -0.05) is 0 Å². The van der Waals surface area contributed by atoms with Gasteiger partial charge in [0.15, 0.2) is 17.3 Å². The number of hydrogen-bond acceptors (Lipinski definition) is 4. The van der Waals surface area contributed by atoms with E-state index < -0.39 is 17.9 Å². The smallest absolute Gasteiger partial charge is 0.403 e. The van der Waals surface area contributed by atoms with Gasteiger partial charge in [-0.3, -0.25) is 4.79 Å². The molecule has 0 saturated carbocycles. The number of benzene rings is 1. The molecule has 2 aliphatic heterocycles. The lowest BCUT2D eigenvalue weighted by atomic mass is 9.82. The molecule has 1 N–H and O–H groups in total. The molecule has 0 spiro atoms. The highest BCUT2D eigenvalue weighted by atomic mass is 19.4. The normalized spacial score (nSPS) is 27.6. The van der Waals surface area contributed by atoms with E-state index in [0.717, 1.165) is 12.1 Å². The van der Waals surface area contributed by atoms with E-state index in [0.29, 0.717) is 26.1 Å². The Bertz CT molecular complexity index is 593. The Hall–Kier alpha value is -1.67. The highest BCUT2D eigenvalue weighted by Gasteiger charge is 2.36. The SMILES string of the molecule is O=C(c1ccc(OC(F)(F)F)c(F)c1)C1CC2COCC(C1)N2. The van der Waals surface area contributed by atoms with Crippen LogP contribution in [-0.2, 0) is 4.74 Å². The number of ether oxygens (including phenoxy) is 2. The van der Waals surface area contributed by atoms with Crippen molar-refractivity contribution >= 4 is 5.78 Å². The molecule has 2 saturated heterocycles. The van der Waals surface area contributed by atoms with E-state index >= 15 is 0 Å². The van der Waals surface area contributed by atoms with Crippen molar-refractivity contribution in [3.63, 3.8) is 0 Å². The second kappa shape index (κ2) is 6.09. The van der Waals surface area contributed by atoms with Crippen LogP contribution < -0.4 is 10.1 Å². The maximum absolute atomic E-state index is 13.7. The molecule has 1 aromatic carbocycles. The third kappa shape index (κ3) is 3.81. The second-order valence-electron chi connectivity index (χ2n) is 5.82. The molecule has 2 unspecified atom stereocenters. The largest absolute Gasteiger partial charge is 0.573 e. The fraction of sp³-hybridized carbons (Fsp3) is 0.533. The first-order valence-corrected chi connectivity index (χ1v) is 7.25. The minimum absolute atomic E-state index is 0.0583. The van der Waals surface area contributed by atoms with Crippen LogP contribution in [0.5, 0.6) is 5.75 Å². The van der Waals surface area contributed by atoms with Gasteiger partial charge in [0, 0.05) is 23.6 Å². The number of morpholine rings is 1. The molecule has 4 nitrogen and oxygen atoms in total. The Labute approximate surface area is 129 Å². The molecule has 8 heteroatoms. The molecule has 2 aliphatic rings. The zero-order valence-electron chi connectivity index (χ0n) is 12.0. The molecular weight excluding hydrogens is 318 g/mol. The minimum atomic E-state index is -4.97. The number of carbonyl (C=O) groups excluding carboxylic acids is 1. The maximum Gasteiger partial charge on any atom is 0.573 e. The first kappa shape index (κ1) is 16.2. The van der Waals surface area contributed by atoms with Gasteiger partial charge in [0.05, 0.1) is 13.2 Å². The van der Waals surface area contributed by atoms with E-state index in [1.165, 1.54) is 6.07 Å². The van der Waals surface area contributed by atoms with Gasteiger partial charge in [0.25, 0.3) is 0 Å². The lowest BCUT2D eigenvalue weighted by Crippen LogP contribution is -2.55. The topological polar surface area (TPSA) is 47.6 Å². The molecule has 3 rings (SSSR count). The predicted molar refractivity (Wildman–Crippen MR) is 71.7 cm³/mol. The van der Waals surface area contributed by atoms with E-state index in [2.05, 4.69) is 10.1 Å². The van der Waals surface area contributed by atoms with Crippen molar-refractivity contribution in [2.75, 3.05) is 13.2 Å². The number of hydrogen-bond donors (Lipinski definition) is 1. The van der Waals surface area contributed by atoms with Crippen LogP contribution in [0.15, 0.2) is 18.2 Å². The zero-order chi connectivity index (χ0) is 16.6. The highest BCUT2D eigenvalue weighted by Crippen LogP contribution is 2.30. The van der Waals surface area contributed by atoms with Gasteiger partial charge >= 0.3 is 6.36 Å². The molecule has 1 aromatic rings. The second-order valence-corrected chi connectivity index (χ2v) is 5.82. The van der Waals surface area contributed by atoms with Crippen LogP contribution in [0, 0.1) is 11.7 Å². The number of piperidine rings is 1. The average Bonchev–Trinajstić information content (AvgIpc) is 2.47. The van der Waals surface area contributed by atoms with Gasteiger partial charge in [-0.2, -0.15) is 0 Å². The van der Waals surface area contributed by atoms with E-state index in [-0.39, 0.29) is 29.3 Å². The number of ketones is 1. The summed E-state index contributed by atoms with van der Waals surface area (Å²) < 4.78 is 59.1. The van der Waals surface area contributed by atoms with E-state index in [1.54, 1.807) is 0 Å². The molecule has 0 radical (unpaired) electrons. The Kier molecular flexibility index (Phi) is 4.29. The van der Waals surface area contributed by atoms with Crippen molar-refractivity contribution in [2.45, 2.75) is 31.3 Å². The predicted octanol–water partition coefficient (Wildman–Crippen LogP) is 2.67. The van der Waals surface area contributed by atoms with E-state index in [4.69, 9.17) is 4.74 Å². The fourth-order valence-corrected chi connectivity index (χ4v) is 3.15. The van der Waals surface area contributed by atoms with Crippen LogP contribution in [0.2, 0.25) is 0 Å². The van der Waals surface area contributed by atoms with Crippen LogP contribution in [0.4, 0.5) is 17.6 Å². The summed E-state index contributed by atoms with van der Waals surface area (Å²) in [5, 5.41) is 3.34. The third-order valence-electron chi connectivity index (χ3n) is 4.06. The molecule has 0 amide bonds. The Balaban J connectivity index is 1.74. The molecule has 0 aromatic heterocycles. The standard InChI is InChI=1S/C15H15F4NO3/c16-12-5-8(1-2-13(12)23-15(17,18)19)14(21)9-3-10-6-22-7-11(4-9)20-10/h1-2,5,9-11,20H,3-4,6-7H2. The minimum Gasteiger partial charge on any atom is -0.403 e. The number of rotatable bonds is 3.